The van der Waals surface area contributed by atoms with Crippen LogP contribution in [0.3, 0.4) is 0 Å². The molecule has 1 aromatic carbocycles. The van der Waals surface area contributed by atoms with E-state index < -0.39 is 17.7 Å². The molecule has 94 valence electrons. The van der Waals surface area contributed by atoms with Crippen LogP contribution in [0, 0.1) is 24.1 Å². The van der Waals surface area contributed by atoms with Crippen molar-refractivity contribution < 1.29 is 19.1 Å². The van der Waals surface area contributed by atoms with Crippen molar-refractivity contribution in [2.75, 3.05) is 0 Å². The standard InChI is InChI=1S/C15H10O4/c1-3-8-18-11-7-5-6-10-12(11)14(17)15(13(10)16)19-9-4-2/h5-7,15H,1-2H3. The van der Waals surface area contributed by atoms with Gasteiger partial charge in [-0.2, -0.15) is 0 Å². The Hall–Kier alpha value is -2.72. The molecule has 0 radical (unpaired) electrons. The van der Waals surface area contributed by atoms with Gasteiger partial charge in [-0.05, 0) is 6.07 Å². The molecule has 0 amide bonds. The van der Waals surface area contributed by atoms with Crippen molar-refractivity contribution in [1.29, 1.82) is 0 Å². The van der Waals surface area contributed by atoms with Gasteiger partial charge in [0, 0.05) is 19.4 Å². The molecule has 0 bridgehead atoms. The van der Waals surface area contributed by atoms with Gasteiger partial charge in [0.25, 0.3) is 0 Å². The molecule has 0 aromatic heterocycles. The first-order valence-corrected chi connectivity index (χ1v) is 5.58. The van der Waals surface area contributed by atoms with Crippen molar-refractivity contribution in [3.8, 4) is 29.8 Å². The maximum Gasteiger partial charge on any atom is 0.235 e. The highest BCUT2D eigenvalue weighted by molar-refractivity contribution is 6.29. The Morgan fingerprint density at radius 2 is 1.79 bits per heavy atom. The molecule has 4 nitrogen and oxygen atoms in total. The van der Waals surface area contributed by atoms with Crippen LogP contribution in [0.25, 0.3) is 0 Å². The summed E-state index contributed by atoms with van der Waals surface area (Å²) in [5.41, 5.74) is 0.487. The average Bonchev–Trinajstić information content (AvgIpc) is 2.67. The Morgan fingerprint density at radius 3 is 2.47 bits per heavy atom. The van der Waals surface area contributed by atoms with Crippen LogP contribution in [-0.2, 0) is 4.74 Å². The van der Waals surface area contributed by atoms with Gasteiger partial charge in [-0.1, -0.05) is 24.0 Å². The van der Waals surface area contributed by atoms with Crippen LogP contribution in [-0.4, -0.2) is 17.7 Å². The summed E-state index contributed by atoms with van der Waals surface area (Å²) in [5.74, 6) is 4.45. The molecule has 0 heterocycles. The highest BCUT2D eigenvalue weighted by atomic mass is 16.5. The summed E-state index contributed by atoms with van der Waals surface area (Å²) in [6.45, 7) is 3.17. The summed E-state index contributed by atoms with van der Waals surface area (Å²) in [4.78, 5) is 24.2. The number of benzene rings is 1. The molecule has 1 atom stereocenters. The highest BCUT2D eigenvalue weighted by Crippen LogP contribution is 2.31. The number of hydrogen-bond donors (Lipinski definition) is 0. The van der Waals surface area contributed by atoms with Crippen LogP contribution in [0.4, 0.5) is 0 Å². The van der Waals surface area contributed by atoms with Crippen LogP contribution >= 0.6 is 0 Å². The second kappa shape index (κ2) is 5.29. The van der Waals surface area contributed by atoms with E-state index in [9.17, 15) is 9.59 Å². The lowest BCUT2D eigenvalue weighted by Gasteiger charge is -2.03. The molecular weight excluding hydrogens is 244 g/mol. The van der Waals surface area contributed by atoms with Gasteiger partial charge in [-0.3, -0.25) is 9.59 Å². The largest absolute Gasteiger partial charge is 0.426 e. The highest BCUT2D eigenvalue weighted by Gasteiger charge is 2.42. The van der Waals surface area contributed by atoms with E-state index in [-0.39, 0.29) is 16.9 Å². The maximum absolute atomic E-state index is 12.2. The predicted molar refractivity (Wildman–Crippen MR) is 67.5 cm³/mol. The lowest BCUT2D eigenvalue weighted by Crippen LogP contribution is -2.23. The molecule has 1 aromatic rings. The number of ether oxygens (including phenoxy) is 2. The number of rotatable bonds is 2. The molecule has 0 aliphatic heterocycles. The zero-order valence-electron chi connectivity index (χ0n) is 10.4. The van der Waals surface area contributed by atoms with E-state index in [4.69, 9.17) is 9.47 Å². The monoisotopic (exact) mass is 254 g/mol. The van der Waals surface area contributed by atoms with Crippen molar-refractivity contribution >= 4 is 11.6 Å². The fourth-order valence-electron chi connectivity index (χ4n) is 1.80. The minimum absolute atomic E-state index is 0.207. The van der Waals surface area contributed by atoms with Crippen LogP contribution in [0.5, 0.6) is 5.75 Å². The van der Waals surface area contributed by atoms with Gasteiger partial charge in [0.05, 0.1) is 5.56 Å². The van der Waals surface area contributed by atoms with E-state index in [0.717, 1.165) is 0 Å². The third-order valence-corrected chi connectivity index (χ3v) is 2.56. The van der Waals surface area contributed by atoms with Crippen molar-refractivity contribution in [2.45, 2.75) is 20.0 Å². The van der Waals surface area contributed by atoms with Crippen LogP contribution in [0.2, 0.25) is 0 Å². The molecule has 1 aliphatic carbocycles. The second-order valence-corrected chi connectivity index (χ2v) is 3.71. The second-order valence-electron chi connectivity index (χ2n) is 3.71. The SMILES string of the molecule is CC#COc1cccc2c1C(=O)C(OC#CC)C2=O. The van der Waals surface area contributed by atoms with Gasteiger partial charge >= 0.3 is 0 Å². The smallest absolute Gasteiger partial charge is 0.235 e. The average molecular weight is 254 g/mol. The fraction of sp³-hybridized carbons (Fsp3) is 0.200. The van der Waals surface area contributed by atoms with Crippen molar-refractivity contribution in [1.82, 2.24) is 0 Å². The molecule has 0 fully saturated rings. The predicted octanol–water partition coefficient (Wildman–Crippen LogP) is 1.79. The Morgan fingerprint density at radius 1 is 1.05 bits per heavy atom. The number of fused-ring (bicyclic) bond motifs is 1. The molecule has 0 N–H and O–H groups in total. The first-order valence-electron chi connectivity index (χ1n) is 5.58. The van der Waals surface area contributed by atoms with E-state index in [0.29, 0.717) is 0 Å². The first kappa shape index (κ1) is 12.7. The molecule has 0 saturated carbocycles. The van der Waals surface area contributed by atoms with Crippen molar-refractivity contribution in [3.05, 3.63) is 29.3 Å². The summed E-state index contributed by atoms with van der Waals surface area (Å²) in [6, 6.07) is 4.78. The van der Waals surface area contributed by atoms with E-state index in [1.807, 2.05) is 0 Å². The molecule has 2 rings (SSSR count). The molecule has 19 heavy (non-hydrogen) atoms. The zero-order chi connectivity index (χ0) is 13.8. The van der Waals surface area contributed by atoms with Gasteiger partial charge in [0.15, 0.2) is 5.75 Å². The van der Waals surface area contributed by atoms with E-state index >= 15 is 0 Å². The minimum Gasteiger partial charge on any atom is -0.426 e. The van der Waals surface area contributed by atoms with E-state index in [1.54, 1.807) is 32.0 Å². The summed E-state index contributed by atoms with van der Waals surface area (Å²) in [6.07, 6.45) is 3.49. The molecule has 1 unspecified atom stereocenters. The van der Waals surface area contributed by atoms with Crippen molar-refractivity contribution in [3.63, 3.8) is 0 Å². The first-order chi connectivity index (χ1) is 9.20. The third-order valence-electron chi connectivity index (χ3n) is 2.56. The quantitative estimate of drug-likeness (QED) is 0.596. The Labute approximate surface area is 110 Å². The van der Waals surface area contributed by atoms with Crippen LogP contribution in [0.1, 0.15) is 34.6 Å². The van der Waals surface area contributed by atoms with Gasteiger partial charge in [0.2, 0.25) is 17.7 Å². The molecule has 4 heteroatoms. The van der Waals surface area contributed by atoms with E-state index in [1.165, 1.54) is 0 Å². The van der Waals surface area contributed by atoms with E-state index in [2.05, 4.69) is 24.1 Å². The lowest BCUT2D eigenvalue weighted by molar-refractivity contribution is 0.0658. The Bertz CT molecular complexity index is 665. The summed E-state index contributed by atoms with van der Waals surface area (Å²) in [7, 11) is 0. The normalized spacial score (nSPS) is 15.8. The fourth-order valence-corrected chi connectivity index (χ4v) is 1.80. The summed E-state index contributed by atoms with van der Waals surface area (Å²) in [5, 5.41) is 0. The van der Waals surface area contributed by atoms with Crippen LogP contribution < -0.4 is 4.74 Å². The lowest BCUT2D eigenvalue weighted by atomic mass is 10.1. The third kappa shape index (κ3) is 2.17. The Balaban J connectivity index is 2.44. The zero-order valence-corrected chi connectivity index (χ0v) is 10.4. The number of carbonyl (C=O) groups is 2. The maximum atomic E-state index is 12.2. The number of hydrogen-bond acceptors (Lipinski definition) is 4. The Kier molecular flexibility index (Phi) is 3.54. The van der Waals surface area contributed by atoms with Gasteiger partial charge in [-0.25, -0.2) is 0 Å². The van der Waals surface area contributed by atoms with Crippen molar-refractivity contribution in [2.24, 2.45) is 0 Å². The number of carbonyl (C=O) groups excluding carboxylic acids is 2. The van der Waals surface area contributed by atoms with Crippen LogP contribution in [0.15, 0.2) is 18.2 Å². The molecular formula is C15H10O4. The molecule has 0 saturated heterocycles. The van der Waals surface area contributed by atoms with Gasteiger partial charge < -0.3 is 9.47 Å². The topological polar surface area (TPSA) is 52.6 Å². The number of ketones is 2. The number of Topliss-reactive ketones (excluding diaryl/α,β-unsaturated/α-hetero) is 2. The minimum atomic E-state index is -1.21. The van der Waals surface area contributed by atoms with Gasteiger partial charge in [0.1, 0.15) is 12.2 Å². The summed E-state index contributed by atoms with van der Waals surface area (Å²) >= 11 is 0. The molecule has 0 spiro atoms. The van der Waals surface area contributed by atoms with Gasteiger partial charge in [-0.15, -0.1) is 0 Å². The summed E-state index contributed by atoms with van der Waals surface area (Å²) < 4.78 is 10.1. The molecule has 1 aliphatic rings.